The van der Waals surface area contributed by atoms with Gasteiger partial charge >= 0.3 is 11.9 Å². The summed E-state index contributed by atoms with van der Waals surface area (Å²) in [6.45, 7) is 0. The summed E-state index contributed by atoms with van der Waals surface area (Å²) >= 11 is 0. The van der Waals surface area contributed by atoms with E-state index in [1.165, 1.54) is 42.5 Å². The first-order chi connectivity index (χ1) is 15.6. The molecule has 0 aliphatic heterocycles. The number of non-ortho nitro benzene ring substituents is 1. The van der Waals surface area contributed by atoms with Crippen LogP contribution in [0.4, 0.5) is 24.5 Å². The molecule has 3 aromatic carbocycles. The maximum absolute atomic E-state index is 12.9. The minimum Gasteiger partial charge on any atom is -0.449 e. The molecule has 0 aliphatic rings. The summed E-state index contributed by atoms with van der Waals surface area (Å²) in [5.74, 6) is -0.363. The molecule has 0 atom stereocenters. The highest BCUT2D eigenvalue weighted by molar-refractivity contribution is 5.90. The molecule has 0 bridgehead atoms. The van der Waals surface area contributed by atoms with E-state index in [0.29, 0.717) is 23.3 Å². The maximum Gasteiger partial charge on any atom is 0.416 e. The average molecular weight is 455 g/mol. The number of alkyl halides is 3. The van der Waals surface area contributed by atoms with Gasteiger partial charge in [0.05, 0.1) is 27.1 Å². The van der Waals surface area contributed by atoms with Crippen LogP contribution in [0.25, 0.3) is 11.6 Å². The van der Waals surface area contributed by atoms with Gasteiger partial charge in [0.25, 0.3) is 5.69 Å². The van der Waals surface area contributed by atoms with Crippen LogP contribution >= 0.6 is 0 Å². The van der Waals surface area contributed by atoms with Crippen LogP contribution < -0.4 is 4.74 Å². The molecule has 0 saturated heterocycles. The van der Waals surface area contributed by atoms with E-state index in [1.54, 1.807) is 12.1 Å². The Morgan fingerprint density at radius 2 is 1.61 bits per heavy atom. The molecule has 11 heteroatoms. The molecular formula is C22H12F3N3O5. The van der Waals surface area contributed by atoms with Crippen LogP contribution in [0.1, 0.15) is 16.7 Å². The van der Waals surface area contributed by atoms with E-state index >= 15 is 0 Å². The SMILES string of the molecule is N#C/C(=C\c1ccccc1Oc1ccc(C(F)(F)F)cc1[N+](=O)[O-])c1ccc([N+](=O)[O-])cc1. The Balaban J connectivity index is 2.01. The molecule has 33 heavy (non-hydrogen) atoms. The van der Waals surface area contributed by atoms with Crippen LogP contribution in [0.15, 0.2) is 66.7 Å². The molecule has 0 saturated carbocycles. The Hall–Kier alpha value is -4.72. The molecule has 0 amide bonds. The number of nitro benzene ring substituents is 2. The number of allylic oxidation sites excluding steroid dienone is 1. The molecule has 0 N–H and O–H groups in total. The third-order valence-electron chi connectivity index (χ3n) is 4.43. The smallest absolute Gasteiger partial charge is 0.416 e. The molecule has 3 rings (SSSR count). The monoisotopic (exact) mass is 455 g/mol. The fraction of sp³-hybridized carbons (Fsp3) is 0.0455. The lowest BCUT2D eigenvalue weighted by Crippen LogP contribution is -2.06. The predicted molar refractivity (Wildman–Crippen MR) is 111 cm³/mol. The van der Waals surface area contributed by atoms with E-state index in [2.05, 4.69) is 0 Å². The van der Waals surface area contributed by atoms with Gasteiger partial charge in [0.1, 0.15) is 5.75 Å². The third-order valence-corrected chi connectivity index (χ3v) is 4.43. The molecule has 0 aliphatic carbocycles. The maximum atomic E-state index is 12.9. The van der Waals surface area contributed by atoms with Crippen LogP contribution in [-0.2, 0) is 6.18 Å². The Kier molecular flexibility index (Phi) is 6.39. The van der Waals surface area contributed by atoms with Gasteiger partial charge in [-0.05, 0) is 42.0 Å². The summed E-state index contributed by atoms with van der Waals surface area (Å²) in [6, 6.07) is 15.2. The quantitative estimate of drug-likeness (QED) is 0.184. The summed E-state index contributed by atoms with van der Waals surface area (Å²) in [5, 5.41) is 31.7. The first kappa shape index (κ1) is 23.0. The molecule has 8 nitrogen and oxygen atoms in total. The fourth-order valence-electron chi connectivity index (χ4n) is 2.83. The molecule has 0 radical (unpaired) electrons. The second-order valence-electron chi connectivity index (χ2n) is 6.55. The molecule has 3 aromatic rings. The van der Waals surface area contributed by atoms with Crippen molar-refractivity contribution in [1.29, 1.82) is 5.26 Å². The van der Waals surface area contributed by atoms with E-state index < -0.39 is 33.0 Å². The average Bonchev–Trinajstić information content (AvgIpc) is 2.78. The zero-order valence-corrected chi connectivity index (χ0v) is 16.4. The number of hydrogen-bond acceptors (Lipinski definition) is 6. The largest absolute Gasteiger partial charge is 0.449 e. The number of ether oxygens (including phenoxy) is 1. The van der Waals surface area contributed by atoms with Gasteiger partial charge in [0.2, 0.25) is 5.75 Å². The number of rotatable bonds is 6. The topological polar surface area (TPSA) is 119 Å². The first-order valence-corrected chi connectivity index (χ1v) is 9.09. The van der Waals surface area contributed by atoms with E-state index in [1.807, 2.05) is 6.07 Å². The molecule has 0 fully saturated rings. The van der Waals surface area contributed by atoms with Crippen molar-refractivity contribution >= 4 is 23.0 Å². The second kappa shape index (κ2) is 9.19. The van der Waals surface area contributed by atoms with Gasteiger partial charge in [-0.2, -0.15) is 18.4 Å². The van der Waals surface area contributed by atoms with Crippen LogP contribution in [0.5, 0.6) is 11.5 Å². The molecule has 0 unspecified atom stereocenters. The van der Waals surface area contributed by atoms with Gasteiger partial charge in [0.15, 0.2) is 0 Å². The standard InChI is InChI=1S/C22H12F3N3O5/c23-22(24,25)17-7-10-21(19(12-17)28(31)32)33-20-4-2-1-3-15(20)11-16(13-26)14-5-8-18(9-6-14)27(29)30/h1-12H/b16-11+. The molecular weight excluding hydrogens is 443 g/mol. The van der Waals surface area contributed by atoms with Crippen molar-refractivity contribution in [1.82, 2.24) is 0 Å². The van der Waals surface area contributed by atoms with E-state index in [-0.39, 0.29) is 17.0 Å². The van der Waals surface area contributed by atoms with Gasteiger partial charge in [0, 0.05) is 23.8 Å². The number of nitriles is 1. The number of benzene rings is 3. The normalized spacial score (nSPS) is 11.5. The summed E-state index contributed by atoms with van der Waals surface area (Å²) in [6.07, 6.45) is -3.37. The van der Waals surface area contributed by atoms with Crippen molar-refractivity contribution in [2.45, 2.75) is 6.18 Å². The van der Waals surface area contributed by atoms with Crippen LogP contribution in [0, 0.1) is 31.6 Å². The third kappa shape index (κ3) is 5.31. The van der Waals surface area contributed by atoms with Gasteiger partial charge in [-0.15, -0.1) is 0 Å². The van der Waals surface area contributed by atoms with Gasteiger partial charge in [-0.3, -0.25) is 20.2 Å². The van der Waals surface area contributed by atoms with Gasteiger partial charge in [-0.25, -0.2) is 0 Å². The summed E-state index contributed by atoms with van der Waals surface area (Å²) in [4.78, 5) is 20.6. The van der Waals surface area contributed by atoms with E-state index in [4.69, 9.17) is 4.74 Å². The lowest BCUT2D eigenvalue weighted by molar-refractivity contribution is -0.385. The number of nitro groups is 2. The van der Waals surface area contributed by atoms with Gasteiger partial charge < -0.3 is 4.74 Å². The molecule has 166 valence electrons. The molecule has 0 heterocycles. The number of halogens is 3. The highest BCUT2D eigenvalue weighted by Crippen LogP contribution is 2.39. The lowest BCUT2D eigenvalue weighted by Gasteiger charge is -2.12. The van der Waals surface area contributed by atoms with Crippen LogP contribution in [0.2, 0.25) is 0 Å². The number of hydrogen-bond donors (Lipinski definition) is 0. The predicted octanol–water partition coefficient (Wildman–Crippen LogP) is 6.38. The van der Waals surface area contributed by atoms with Crippen molar-refractivity contribution in [2.24, 2.45) is 0 Å². The van der Waals surface area contributed by atoms with E-state index in [0.717, 1.165) is 6.07 Å². The fourth-order valence-corrected chi connectivity index (χ4v) is 2.83. The van der Waals surface area contributed by atoms with Crippen molar-refractivity contribution in [3.05, 3.63) is 104 Å². The van der Waals surface area contributed by atoms with E-state index in [9.17, 15) is 38.7 Å². The Morgan fingerprint density at radius 3 is 2.18 bits per heavy atom. The number of para-hydroxylation sites is 1. The van der Waals surface area contributed by atoms with Crippen molar-refractivity contribution < 1.29 is 27.8 Å². The summed E-state index contributed by atoms with van der Waals surface area (Å²) in [5.41, 5.74) is -1.43. The minimum absolute atomic E-state index is 0.0509. The summed E-state index contributed by atoms with van der Waals surface area (Å²) in [7, 11) is 0. The zero-order valence-electron chi connectivity index (χ0n) is 16.4. The zero-order chi connectivity index (χ0) is 24.2. The summed E-state index contributed by atoms with van der Waals surface area (Å²) < 4.78 is 44.3. The van der Waals surface area contributed by atoms with Crippen LogP contribution in [0.3, 0.4) is 0 Å². The number of nitrogens with zero attached hydrogens (tertiary/aromatic N) is 3. The highest BCUT2D eigenvalue weighted by atomic mass is 19.4. The first-order valence-electron chi connectivity index (χ1n) is 9.09. The Morgan fingerprint density at radius 1 is 0.939 bits per heavy atom. The molecule has 0 spiro atoms. The Labute approximate surface area is 184 Å². The molecule has 0 aromatic heterocycles. The van der Waals surface area contributed by atoms with Crippen molar-refractivity contribution in [2.75, 3.05) is 0 Å². The van der Waals surface area contributed by atoms with Crippen LogP contribution in [-0.4, -0.2) is 9.85 Å². The Bertz CT molecular complexity index is 1300. The second-order valence-corrected chi connectivity index (χ2v) is 6.55. The lowest BCUT2D eigenvalue weighted by atomic mass is 10.0. The van der Waals surface area contributed by atoms with Gasteiger partial charge in [-0.1, -0.05) is 18.2 Å². The van der Waals surface area contributed by atoms with Crippen molar-refractivity contribution in [3.8, 4) is 17.6 Å². The highest BCUT2D eigenvalue weighted by Gasteiger charge is 2.33. The van der Waals surface area contributed by atoms with Crippen molar-refractivity contribution in [3.63, 3.8) is 0 Å². The minimum atomic E-state index is -4.77.